The molecule has 0 saturated heterocycles. The van der Waals surface area contributed by atoms with Crippen molar-refractivity contribution in [2.24, 2.45) is 0 Å². The summed E-state index contributed by atoms with van der Waals surface area (Å²) >= 11 is 6.22. The molecule has 12 heteroatoms. The van der Waals surface area contributed by atoms with Gasteiger partial charge in [-0.2, -0.15) is 0 Å². The van der Waals surface area contributed by atoms with Gasteiger partial charge in [0.25, 0.3) is 5.56 Å². The van der Waals surface area contributed by atoms with Crippen molar-refractivity contribution in [2.75, 3.05) is 10.6 Å². The molecule has 3 N–H and O–H groups in total. The van der Waals surface area contributed by atoms with Crippen LogP contribution in [0.5, 0.6) is 0 Å². The standard InChI is InChI=1S/C31H38ClF5N4O2/c1-2-3-4-5-6-7-8-9-10-11-12-13-14-15-24(42)38-20-16-17-21(32)22(18-20)39-23-19-25(43)41(40-23)31-29(36)27(34)26(33)28(35)30(31)37/h16-19,39-40H,2-15H2,1H3,(H,38,42). The summed E-state index contributed by atoms with van der Waals surface area (Å²) in [6.45, 7) is 2.23. The molecule has 0 fully saturated rings. The smallest absolute Gasteiger partial charge is 0.273 e. The number of carbonyl (C=O) groups excluding carboxylic acids is 1. The van der Waals surface area contributed by atoms with Crippen molar-refractivity contribution in [1.82, 2.24) is 9.78 Å². The first-order valence-electron chi connectivity index (χ1n) is 14.8. The van der Waals surface area contributed by atoms with E-state index in [-0.39, 0.29) is 27.1 Å². The maximum Gasteiger partial charge on any atom is 0.273 e. The Morgan fingerprint density at radius 1 is 0.767 bits per heavy atom. The van der Waals surface area contributed by atoms with Gasteiger partial charge >= 0.3 is 0 Å². The van der Waals surface area contributed by atoms with Crippen LogP contribution in [0.4, 0.5) is 39.1 Å². The number of hydrogen-bond donors (Lipinski definition) is 3. The van der Waals surface area contributed by atoms with E-state index < -0.39 is 40.3 Å². The lowest BCUT2D eigenvalue weighted by molar-refractivity contribution is -0.116. The van der Waals surface area contributed by atoms with Crippen LogP contribution in [0.15, 0.2) is 29.1 Å². The molecule has 0 aliphatic heterocycles. The maximum absolute atomic E-state index is 14.2. The number of nitrogens with zero attached hydrogens (tertiary/aromatic N) is 1. The zero-order valence-corrected chi connectivity index (χ0v) is 25.0. The number of nitrogens with one attached hydrogen (secondary N) is 3. The number of benzene rings is 2. The van der Waals surface area contributed by atoms with E-state index in [1.165, 1.54) is 69.9 Å². The fourth-order valence-electron chi connectivity index (χ4n) is 4.79. The van der Waals surface area contributed by atoms with Crippen LogP contribution in [0, 0.1) is 29.1 Å². The van der Waals surface area contributed by atoms with Gasteiger partial charge in [0, 0.05) is 18.2 Å². The molecule has 0 aliphatic rings. The van der Waals surface area contributed by atoms with E-state index in [4.69, 9.17) is 11.6 Å². The van der Waals surface area contributed by atoms with Gasteiger partial charge in [0.15, 0.2) is 23.3 Å². The van der Waals surface area contributed by atoms with Crippen molar-refractivity contribution in [3.05, 3.63) is 68.7 Å². The van der Waals surface area contributed by atoms with E-state index in [0.29, 0.717) is 12.1 Å². The second-order valence-corrected chi connectivity index (χ2v) is 11.0. The Balaban J connectivity index is 1.47. The molecule has 43 heavy (non-hydrogen) atoms. The highest BCUT2D eigenvalue weighted by atomic mass is 35.5. The highest BCUT2D eigenvalue weighted by molar-refractivity contribution is 6.33. The Kier molecular flexibility index (Phi) is 13.6. The number of hydrogen-bond acceptors (Lipinski definition) is 3. The predicted octanol–water partition coefficient (Wildman–Crippen LogP) is 9.68. The van der Waals surface area contributed by atoms with Crippen LogP contribution in [0.25, 0.3) is 5.69 Å². The molecule has 1 aromatic heterocycles. The normalized spacial score (nSPS) is 11.2. The first-order chi connectivity index (χ1) is 20.6. The largest absolute Gasteiger partial charge is 0.339 e. The average Bonchev–Trinajstić information content (AvgIpc) is 3.34. The zero-order chi connectivity index (χ0) is 31.4. The van der Waals surface area contributed by atoms with Gasteiger partial charge in [0.05, 0.1) is 10.7 Å². The molecule has 2 aromatic carbocycles. The van der Waals surface area contributed by atoms with Crippen LogP contribution in [-0.4, -0.2) is 15.7 Å². The van der Waals surface area contributed by atoms with Crippen LogP contribution in [0.3, 0.4) is 0 Å². The van der Waals surface area contributed by atoms with Crippen LogP contribution < -0.4 is 16.2 Å². The third kappa shape index (κ3) is 9.84. The lowest BCUT2D eigenvalue weighted by Crippen LogP contribution is -2.19. The van der Waals surface area contributed by atoms with Gasteiger partial charge in [-0.25, -0.2) is 26.6 Å². The Bertz CT molecular complexity index is 1400. The van der Waals surface area contributed by atoms with E-state index in [1.807, 2.05) is 0 Å². The van der Waals surface area contributed by atoms with Crippen molar-refractivity contribution < 1.29 is 26.7 Å². The van der Waals surface area contributed by atoms with Gasteiger partial charge in [-0.3, -0.25) is 14.7 Å². The summed E-state index contributed by atoms with van der Waals surface area (Å²) in [5.41, 5.74) is -1.92. The number of carbonyl (C=O) groups is 1. The summed E-state index contributed by atoms with van der Waals surface area (Å²) < 4.78 is 69.3. The number of rotatable bonds is 18. The number of amides is 1. The summed E-state index contributed by atoms with van der Waals surface area (Å²) in [5.74, 6) is -11.4. The third-order valence-electron chi connectivity index (χ3n) is 7.16. The van der Waals surface area contributed by atoms with Gasteiger partial charge in [-0.15, -0.1) is 0 Å². The van der Waals surface area contributed by atoms with Gasteiger partial charge in [0.1, 0.15) is 11.5 Å². The summed E-state index contributed by atoms with van der Waals surface area (Å²) in [6, 6.07) is 5.41. The molecule has 0 spiro atoms. The van der Waals surface area contributed by atoms with E-state index in [0.717, 1.165) is 31.7 Å². The summed E-state index contributed by atoms with van der Waals surface area (Å²) in [4.78, 5) is 24.8. The Morgan fingerprint density at radius 3 is 1.84 bits per heavy atom. The number of aromatic amines is 1. The molecular weight excluding hydrogens is 591 g/mol. The van der Waals surface area contributed by atoms with Gasteiger partial charge in [0.2, 0.25) is 11.7 Å². The highest BCUT2D eigenvalue weighted by Gasteiger charge is 2.28. The van der Waals surface area contributed by atoms with Gasteiger partial charge in [-0.1, -0.05) is 95.6 Å². The van der Waals surface area contributed by atoms with Crippen LogP contribution in [-0.2, 0) is 4.79 Å². The minimum absolute atomic E-state index is 0.147. The summed E-state index contributed by atoms with van der Waals surface area (Å²) in [5, 5.41) is 7.96. The molecule has 1 amide bonds. The SMILES string of the molecule is CCCCCCCCCCCCCCCC(=O)Nc1ccc(Cl)c(Nc2cc(=O)n(-c3c(F)c(F)c(F)c(F)c3F)[nH]2)c1. The molecule has 3 rings (SSSR count). The molecule has 236 valence electrons. The molecule has 1 heterocycles. The second kappa shape index (κ2) is 17.1. The van der Waals surface area contributed by atoms with Gasteiger partial charge in [-0.05, 0) is 24.6 Å². The lowest BCUT2D eigenvalue weighted by atomic mass is 10.0. The molecule has 0 aliphatic carbocycles. The van der Waals surface area contributed by atoms with E-state index in [1.54, 1.807) is 6.07 Å². The lowest BCUT2D eigenvalue weighted by Gasteiger charge is -2.11. The number of anilines is 3. The minimum atomic E-state index is -2.34. The average molecular weight is 629 g/mol. The summed E-state index contributed by atoms with van der Waals surface area (Å²) in [7, 11) is 0. The van der Waals surface area contributed by atoms with Crippen molar-refractivity contribution in [3.63, 3.8) is 0 Å². The van der Waals surface area contributed by atoms with Crippen molar-refractivity contribution >= 4 is 34.7 Å². The molecule has 6 nitrogen and oxygen atoms in total. The van der Waals surface area contributed by atoms with Crippen molar-refractivity contribution in [2.45, 2.75) is 96.8 Å². The number of H-pyrrole nitrogens is 1. The van der Waals surface area contributed by atoms with Crippen molar-refractivity contribution in [1.29, 1.82) is 0 Å². The number of aromatic nitrogens is 2. The van der Waals surface area contributed by atoms with Crippen molar-refractivity contribution in [3.8, 4) is 5.69 Å². The maximum atomic E-state index is 14.2. The number of halogens is 6. The van der Waals surface area contributed by atoms with Crippen LogP contribution >= 0.6 is 11.6 Å². The molecule has 0 unspecified atom stereocenters. The Morgan fingerprint density at radius 2 is 1.28 bits per heavy atom. The topological polar surface area (TPSA) is 78.9 Å². The second-order valence-electron chi connectivity index (χ2n) is 10.6. The third-order valence-corrected chi connectivity index (χ3v) is 7.49. The van der Waals surface area contributed by atoms with E-state index in [9.17, 15) is 31.5 Å². The van der Waals surface area contributed by atoms with Crippen LogP contribution in [0.1, 0.15) is 96.8 Å². The van der Waals surface area contributed by atoms with E-state index in [2.05, 4.69) is 22.7 Å². The minimum Gasteiger partial charge on any atom is -0.339 e. The Labute approximate surface area is 253 Å². The predicted molar refractivity (Wildman–Crippen MR) is 160 cm³/mol. The fourth-order valence-corrected chi connectivity index (χ4v) is 4.95. The Hall–Kier alpha value is -3.34. The monoisotopic (exact) mass is 628 g/mol. The quantitative estimate of drug-likeness (QED) is 0.0568. The van der Waals surface area contributed by atoms with Gasteiger partial charge < -0.3 is 10.6 Å². The molecular formula is C31H38ClF5N4O2. The molecule has 0 saturated carbocycles. The first-order valence-corrected chi connectivity index (χ1v) is 15.2. The highest BCUT2D eigenvalue weighted by Crippen LogP contribution is 2.29. The molecule has 0 radical (unpaired) electrons. The van der Waals surface area contributed by atoms with Crippen LogP contribution in [0.2, 0.25) is 5.02 Å². The zero-order valence-electron chi connectivity index (χ0n) is 24.2. The number of unbranched alkanes of at least 4 members (excludes halogenated alkanes) is 12. The molecule has 3 aromatic rings. The fraction of sp³-hybridized carbons (Fsp3) is 0.484. The molecule has 0 bridgehead atoms. The first kappa shape index (κ1) is 34.2. The van der Waals surface area contributed by atoms with E-state index >= 15 is 0 Å². The summed E-state index contributed by atoms with van der Waals surface area (Å²) in [6.07, 6.45) is 16.0. The molecule has 0 atom stereocenters.